The third-order valence-electron chi connectivity index (χ3n) is 5.48. The average molecular weight is 464 g/mol. The Hall–Kier alpha value is -4.21. The number of carbonyl (C=O) groups excluding carboxylic acids is 1. The van der Waals surface area contributed by atoms with Crippen LogP contribution < -0.4 is 10.9 Å². The second-order valence-electron chi connectivity index (χ2n) is 8.10. The fraction of sp³-hybridized carbons (Fsp3) is 0.208. The summed E-state index contributed by atoms with van der Waals surface area (Å²) in [6.45, 7) is 5.60. The summed E-state index contributed by atoms with van der Waals surface area (Å²) in [6.07, 6.45) is 1.60. The van der Waals surface area contributed by atoms with Crippen molar-refractivity contribution in [2.24, 2.45) is 7.05 Å². The third kappa shape index (κ3) is 4.34. The van der Waals surface area contributed by atoms with Crippen LogP contribution in [0, 0.1) is 18.6 Å². The van der Waals surface area contributed by atoms with E-state index in [9.17, 15) is 18.4 Å². The van der Waals surface area contributed by atoms with Crippen molar-refractivity contribution in [2.45, 2.75) is 26.8 Å². The molecule has 4 aromatic rings. The van der Waals surface area contributed by atoms with Crippen molar-refractivity contribution in [2.75, 3.05) is 5.32 Å². The number of hydrogen-bond donors (Lipinski definition) is 1. The highest BCUT2D eigenvalue weighted by atomic mass is 19.1. The lowest BCUT2D eigenvalue weighted by Gasteiger charge is -2.14. The van der Waals surface area contributed by atoms with Gasteiger partial charge < -0.3 is 14.5 Å². The van der Waals surface area contributed by atoms with Gasteiger partial charge in [0.15, 0.2) is 5.82 Å². The molecule has 0 bridgehead atoms. The van der Waals surface area contributed by atoms with Crippen LogP contribution in [0.1, 0.15) is 35.9 Å². The first-order valence-electron chi connectivity index (χ1n) is 10.5. The summed E-state index contributed by atoms with van der Waals surface area (Å²) in [5, 5.41) is 10.7. The van der Waals surface area contributed by atoms with E-state index >= 15 is 0 Å². The molecule has 34 heavy (non-hydrogen) atoms. The van der Waals surface area contributed by atoms with Crippen molar-refractivity contribution in [3.8, 4) is 22.6 Å². The molecule has 174 valence electrons. The fourth-order valence-corrected chi connectivity index (χ4v) is 3.60. The molecule has 4 rings (SSSR count). The minimum Gasteiger partial charge on any atom is -0.315 e. The lowest BCUT2D eigenvalue weighted by Crippen LogP contribution is -2.29. The topological polar surface area (TPSA) is 94.7 Å². The van der Waals surface area contributed by atoms with Gasteiger partial charge in [-0.1, -0.05) is 6.07 Å². The molecule has 1 aromatic carbocycles. The Morgan fingerprint density at radius 3 is 2.47 bits per heavy atom. The lowest BCUT2D eigenvalue weighted by molar-refractivity contribution is 0.102. The van der Waals surface area contributed by atoms with Crippen molar-refractivity contribution in [3.63, 3.8) is 0 Å². The van der Waals surface area contributed by atoms with Gasteiger partial charge in [-0.2, -0.15) is 0 Å². The van der Waals surface area contributed by atoms with Gasteiger partial charge in [0.1, 0.15) is 35.0 Å². The number of carbonyl (C=O) groups is 1. The molecule has 8 nitrogen and oxygen atoms in total. The summed E-state index contributed by atoms with van der Waals surface area (Å²) in [7, 11) is 1.49. The molecule has 0 aliphatic heterocycles. The van der Waals surface area contributed by atoms with Gasteiger partial charge in [-0.05, 0) is 56.7 Å². The predicted molar refractivity (Wildman–Crippen MR) is 123 cm³/mol. The maximum absolute atomic E-state index is 13.8. The number of rotatable bonds is 5. The van der Waals surface area contributed by atoms with Crippen molar-refractivity contribution >= 4 is 11.7 Å². The Bertz CT molecular complexity index is 1440. The molecule has 0 unspecified atom stereocenters. The van der Waals surface area contributed by atoms with Crippen LogP contribution in [0.4, 0.5) is 14.6 Å². The molecule has 0 spiro atoms. The summed E-state index contributed by atoms with van der Waals surface area (Å²) < 4.78 is 30.7. The molecule has 0 saturated heterocycles. The van der Waals surface area contributed by atoms with Crippen LogP contribution in [0.3, 0.4) is 0 Å². The third-order valence-corrected chi connectivity index (χ3v) is 5.48. The van der Waals surface area contributed by atoms with E-state index in [1.807, 2.05) is 18.4 Å². The molecule has 0 aliphatic carbocycles. The second kappa shape index (κ2) is 8.97. The molecule has 1 N–H and O–H groups in total. The number of amides is 1. The van der Waals surface area contributed by atoms with Crippen LogP contribution in [0.2, 0.25) is 0 Å². The van der Waals surface area contributed by atoms with Gasteiger partial charge in [0.05, 0.1) is 0 Å². The summed E-state index contributed by atoms with van der Waals surface area (Å²) in [5.41, 5.74) is 0.790. The quantitative estimate of drug-likeness (QED) is 0.479. The predicted octanol–water partition coefficient (Wildman–Crippen LogP) is 4.13. The molecule has 10 heteroatoms. The SMILES string of the molecule is Cc1c(-c2cc(F)cc(F)c2)cc(C(=O)Nc2cccc(-c3nncn3C(C)C)n2)c(=O)n1C. The highest BCUT2D eigenvalue weighted by molar-refractivity contribution is 6.04. The molecule has 3 aromatic heterocycles. The molecule has 0 fully saturated rings. The Morgan fingerprint density at radius 2 is 1.79 bits per heavy atom. The molecular formula is C24H22F2N6O2. The first-order valence-corrected chi connectivity index (χ1v) is 10.5. The van der Waals surface area contributed by atoms with Crippen molar-refractivity contribution < 1.29 is 13.6 Å². The van der Waals surface area contributed by atoms with Gasteiger partial charge in [-0.3, -0.25) is 9.59 Å². The molecule has 3 heterocycles. The summed E-state index contributed by atoms with van der Waals surface area (Å²) in [4.78, 5) is 30.3. The van der Waals surface area contributed by atoms with Crippen molar-refractivity contribution in [1.29, 1.82) is 0 Å². The number of pyridine rings is 2. The van der Waals surface area contributed by atoms with E-state index in [1.165, 1.54) is 17.7 Å². The van der Waals surface area contributed by atoms with Gasteiger partial charge in [0.25, 0.3) is 11.5 Å². The Labute approximate surface area is 193 Å². The number of benzene rings is 1. The van der Waals surface area contributed by atoms with Crippen LogP contribution in [0.5, 0.6) is 0 Å². The van der Waals surface area contributed by atoms with Crippen LogP contribution >= 0.6 is 0 Å². The van der Waals surface area contributed by atoms with E-state index in [4.69, 9.17) is 0 Å². The summed E-state index contributed by atoms with van der Waals surface area (Å²) in [5.74, 6) is -1.47. The summed E-state index contributed by atoms with van der Waals surface area (Å²) >= 11 is 0. The highest BCUT2D eigenvalue weighted by Gasteiger charge is 2.19. The zero-order valence-electron chi connectivity index (χ0n) is 19.0. The maximum atomic E-state index is 13.8. The Kier molecular flexibility index (Phi) is 6.06. The van der Waals surface area contributed by atoms with E-state index < -0.39 is 23.1 Å². The smallest absolute Gasteiger partial charge is 0.263 e. The number of nitrogens with zero attached hydrogens (tertiary/aromatic N) is 5. The van der Waals surface area contributed by atoms with Gasteiger partial charge >= 0.3 is 0 Å². The number of aromatic nitrogens is 5. The lowest BCUT2D eigenvalue weighted by atomic mass is 10.0. The maximum Gasteiger partial charge on any atom is 0.263 e. The molecule has 0 aliphatic rings. The Morgan fingerprint density at radius 1 is 1.09 bits per heavy atom. The van der Waals surface area contributed by atoms with Crippen LogP contribution in [-0.4, -0.2) is 30.2 Å². The van der Waals surface area contributed by atoms with E-state index in [-0.39, 0.29) is 23.0 Å². The average Bonchev–Trinajstić information content (AvgIpc) is 3.27. The normalized spacial score (nSPS) is 11.1. The van der Waals surface area contributed by atoms with Gasteiger partial charge in [-0.15, -0.1) is 10.2 Å². The van der Waals surface area contributed by atoms with Crippen LogP contribution in [-0.2, 0) is 7.05 Å². The number of halogens is 2. The van der Waals surface area contributed by atoms with Gasteiger partial charge in [0, 0.05) is 30.4 Å². The Balaban J connectivity index is 1.71. The first-order chi connectivity index (χ1) is 16.2. The number of anilines is 1. The van der Waals surface area contributed by atoms with Crippen molar-refractivity contribution in [1.82, 2.24) is 24.3 Å². The van der Waals surface area contributed by atoms with Crippen molar-refractivity contribution in [3.05, 3.63) is 82.0 Å². The van der Waals surface area contributed by atoms with Gasteiger partial charge in [-0.25, -0.2) is 13.8 Å². The van der Waals surface area contributed by atoms with Crippen LogP contribution in [0.15, 0.2) is 53.6 Å². The molecule has 0 saturated carbocycles. The standard InChI is InChI=1S/C24H22F2N6O2/c1-13(2)32-12-27-30-22(32)20-6-5-7-21(28-20)29-23(33)19-11-18(14(3)31(4)24(19)34)15-8-16(25)10-17(26)9-15/h5-13H,1-4H3,(H,28,29,33). The first kappa shape index (κ1) is 23.0. The van der Waals surface area contributed by atoms with Gasteiger partial charge in [0.2, 0.25) is 0 Å². The number of nitrogens with one attached hydrogen (secondary N) is 1. The van der Waals surface area contributed by atoms with Crippen LogP contribution in [0.25, 0.3) is 22.6 Å². The van der Waals surface area contributed by atoms with E-state index in [0.29, 0.717) is 22.8 Å². The molecule has 1 amide bonds. The minimum absolute atomic E-state index is 0.103. The monoisotopic (exact) mass is 464 g/mol. The fourth-order valence-electron chi connectivity index (χ4n) is 3.60. The van der Waals surface area contributed by atoms with E-state index in [1.54, 1.807) is 31.5 Å². The second-order valence-corrected chi connectivity index (χ2v) is 8.10. The number of hydrogen-bond acceptors (Lipinski definition) is 5. The zero-order chi connectivity index (χ0) is 24.6. The molecular weight excluding hydrogens is 442 g/mol. The minimum atomic E-state index is -0.760. The molecule has 0 atom stereocenters. The van der Waals surface area contributed by atoms with E-state index in [2.05, 4.69) is 20.5 Å². The zero-order valence-corrected chi connectivity index (χ0v) is 19.0. The highest BCUT2D eigenvalue weighted by Crippen LogP contribution is 2.25. The molecule has 0 radical (unpaired) electrons. The summed E-state index contributed by atoms with van der Waals surface area (Å²) in [6, 6.07) is 9.51. The van der Waals surface area contributed by atoms with E-state index in [0.717, 1.165) is 18.2 Å². The largest absolute Gasteiger partial charge is 0.315 e.